The van der Waals surface area contributed by atoms with Crippen molar-refractivity contribution in [2.75, 3.05) is 39.3 Å². The molecule has 3 rings (SSSR count). The lowest BCUT2D eigenvalue weighted by Crippen LogP contribution is -2.44. The summed E-state index contributed by atoms with van der Waals surface area (Å²) >= 11 is 0. The maximum atomic E-state index is 12.7. The average Bonchev–Trinajstić information content (AvgIpc) is 2.94. The zero-order valence-electron chi connectivity index (χ0n) is 14.0. The zero-order chi connectivity index (χ0) is 17.1. The van der Waals surface area contributed by atoms with Crippen LogP contribution in [0, 0.1) is 0 Å². The molecule has 2 saturated heterocycles. The van der Waals surface area contributed by atoms with Gasteiger partial charge in [-0.25, -0.2) is 4.79 Å². The Morgan fingerprint density at radius 3 is 2.75 bits per heavy atom. The number of aromatic nitrogens is 2. The number of nitrogens with one attached hydrogen (secondary N) is 1. The van der Waals surface area contributed by atoms with Gasteiger partial charge in [0.25, 0.3) is 11.5 Å². The first-order chi connectivity index (χ1) is 11.5. The molecule has 2 aliphatic heterocycles. The molecule has 2 fully saturated rings. The van der Waals surface area contributed by atoms with E-state index >= 15 is 0 Å². The van der Waals surface area contributed by atoms with Gasteiger partial charge >= 0.3 is 5.69 Å². The molecule has 2 aliphatic rings. The molecule has 0 radical (unpaired) electrons. The van der Waals surface area contributed by atoms with E-state index < -0.39 is 11.2 Å². The molecular weight excluding hydrogens is 312 g/mol. The van der Waals surface area contributed by atoms with Crippen molar-refractivity contribution in [1.29, 1.82) is 0 Å². The van der Waals surface area contributed by atoms with Gasteiger partial charge in [-0.15, -0.1) is 0 Å². The van der Waals surface area contributed by atoms with E-state index in [-0.39, 0.29) is 17.6 Å². The van der Waals surface area contributed by atoms with Gasteiger partial charge in [0.05, 0.1) is 6.10 Å². The molecule has 0 bridgehead atoms. The fourth-order valence-electron chi connectivity index (χ4n) is 3.33. The van der Waals surface area contributed by atoms with Crippen molar-refractivity contribution in [3.05, 3.63) is 32.6 Å². The van der Waals surface area contributed by atoms with E-state index in [1.54, 1.807) is 4.90 Å². The van der Waals surface area contributed by atoms with Gasteiger partial charge in [-0.05, 0) is 32.4 Å². The number of hydrogen-bond acceptors (Lipinski definition) is 5. The van der Waals surface area contributed by atoms with Gasteiger partial charge in [0.2, 0.25) is 0 Å². The first kappa shape index (κ1) is 16.9. The van der Waals surface area contributed by atoms with Gasteiger partial charge in [-0.2, -0.15) is 0 Å². The highest BCUT2D eigenvalue weighted by Crippen LogP contribution is 2.13. The van der Waals surface area contributed by atoms with E-state index in [2.05, 4.69) is 9.88 Å². The Bertz CT molecular complexity index is 705. The maximum Gasteiger partial charge on any atom is 0.328 e. The van der Waals surface area contributed by atoms with Crippen LogP contribution in [0.3, 0.4) is 0 Å². The van der Waals surface area contributed by atoms with Gasteiger partial charge in [-0.1, -0.05) is 0 Å². The second-order valence-corrected chi connectivity index (χ2v) is 6.52. The molecule has 1 amide bonds. The molecule has 0 saturated carbocycles. The highest BCUT2D eigenvalue weighted by atomic mass is 16.5. The van der Waals surface area contributed by atoms with Crippen LogP contribution in [0.4, 0.5) is 0 Å². The zero-order valence-corrected chi connectivity index (χ0v) is 14.0. The highest BCUT2D eigenvalue weighted by Gasteiger charge is 2.27. The molecule has 8 heteroatoms. The molecule has 1 aromatic rings. The third-order valence-corrected chi connectivity index (χ3v) is 4.64. The van der Waals surface area contributed by atoms with Crippen molar-refractivity contribution in [2.45, 2.75) is 25.4 Å². The monoisotopic (exact) mass is 336 g/mol. The van der Waals surface area contributed by atoms with Crippen LogP contribution >= 0.6 is 0 Å². The summed E-state index contributed by atoms with van der Waals surface area (Å²) in [4.78, 5) is 42.4. The van der Waals surface area contributed by atoms with E-state index in [1.165, 1.54) is 30.7 Å². The number of hydrogen-bond donors (Lipinski definition) is 1. The molecule has 8 nitrogen and oxygen atoms in total. The minimum Gasteiger partial charge on any atom is -0.375 e. The molecule has 132 valence electrons. The van der Waals surface area contributed by atoms with Crippen molar-refractivity contribution >= 4 is 5.91 Å². The van der Waals surface area contributed by atoms with Crippen molar-refractivity contribution in [1.82, 2.24) is 19.4 Å². The van der Waals surface area contributed by atoms with E-state index in [0.717, 1.165) is 26.1 Å². The Morgan fingerprint density at radius 2 is 2.00 bits per heavy atom. The molecule has 1 aromatic heterocycles. The number of ether oxygens (including phenoxy) is 1. The lowest BCUT2D eigenvalue weighted by molar-refractivity contribution is 0.0297. The quantitative estimate of drug-likeness (QED) is 0.796. The summed E-state index contributed by atoms with van der Waals surface area (Å²) in [5.74, 6) is -0.344. The summed E-state index contributed by atoms with van der Waals surface area (Å²) in [6.45, 7) is 4.61. The Morgan fingerprint density at radius 1 is 1.25 bits per heavy atom. The molecule has 24 heavy (non-hydrogen) atoms. The fourth-order valence-corrected chi connectivity index (χ4v) is 3.33. The van der Waals surface area contributed by atoms with Crippen LogP contribution < -0.4 is 11.2 Å². The summed E-state index contributed by atoms with van der Waals surface area (Å²) in [6, 6.07) is 0. The van der Waals surface area contributed by atoms with E-state index in [1.807, 2.05) is 0 Å². The standard InChI is InChI=1S/C16H24N4O4/c1-18-11-13(14(21)17-16(18)23)15(22)20-7-4-8-24-12(10-20)9-19-5-2-3-6-19/h11-12H,2-10H2,1H3,(H,17,21,23)/t12-/m0/s1. The number of nitrogens with zero attached hydrogens (tertiary/aromatic N) is 3. The number of rotatable bonds is 3. The van der Waals surface area contributed by atoms with Gasteiger partial charge in [-0.3, -0.25) is 14.6 Å². The average molecular weight is 336 g/mol. The summed E-state index contributed by atoms with van der Waals surface area (Å²) in [6.07, 6.45) is 4.43. The van der Waals surface area contributed by atoms with Gasteiger partial charge in [0.15, 0.2) is 0 Å². The molecule has 3 heterocycles. The number of H-pyrrole nitrogens is 1. The van der Waals surface area contributed by atoms with Crippen LogP contribution in [0.2, 0.25) is 0 Å². The molecular formula is C16H24N4O4. The van der Waals surface area contributed by atoms with Gasteiger partial charge in [0.1, 0.15) is 5.56 Å². The number of amides is 1. The van der Waals surface area contributed by atoms with E-state index in [9.17, 15) is 14.4 Å². The second-order valence-electron chi connectivity index (χ2n) is 6.52. The van der Waals surface area contributed by atoms with Crippen molar-refractivity contribution < 1.29 is 9.53 Å². The topological polar surface area (TPSA) is 87.6 Å². The Balaban J connectivity index is 1.74. The normalized spacial score (nSPS) is 22.5. The first-order valence-electron chi connectivity index (χ1n) is 8.48. The van der Waals surface area contributed by atoms with Crippen LogP contribution in [0.1, 0.15) is 29.6 Å². The Kier molecular flexibility index (Phi) is 5.15. The van der Waals surface area contributed by atoms with Crippen molar-refractivity contribution in [3.8, 4) is 0 Å². The van der Waals surface area contributed by atoms with Gasteiger partial charge in [0, 0.05) is 39.5 Å². The molecule has 0 unspecified atom stereocenters. The van der Waals surface area contributed by atoms with Crippen LogP contribution in [0.5, 0.6) is 0 Å². The van der Waals surface area contributed by atoms with Crippen LogP contribution in [0.25, 0.3) is 0 Å². The highest BCUT2D eigenvalue weighted by molar-refractivity contribution is 5.93. The first-order valence-corrected chi connectivity index (χ1v) is 8.48. The van der Waals surface area contributed by atoms with E-state index in [0.29, 0.717) is 19.7 Å². The third-order valence-electron chi connectivity index (χ3n) is 4.64. The smallest absolute Gasteiger partial charge is 0.328 e. The summed E-state index contributed by atoms with van der Waals surface area (Å²) in [5.41, 5.74) is -1.16. The number of carbonyl (C=O) groups excluding carboxylic acids is 1. The van der Waals surface area contributed by atoms with Crippen LogP contribution in [-0.4, -0.2) is 70.7 Å². The van der Waals surface area contributed by atoms with E-state index in [4.69, 9.17) is 4.74 Å². The molecule has 1 N–H and O–H groups in total. The molecule has 0 aliphatic carbocycles. The Labute approximate surface area is 140 Å². The molecule has 1 atom stereocenters. The third kappa shape index (κ3) is 3.76. The lowest BCUT2D eigenvalue weighted by Gasteiger charge is -2.26. The molecule has 0 spiro atoms. The molecule has 0 aromatic carbocycles. The van der Waals surface area contributed by atoms with Crippen molar-refractivity contribution in [2.24, 2.45) is 7.05 Å². The minimum atomic E-state index is -0.635. The number of aryl methyl sites for hydroxylation is 1. The number of aromatic amines is 1. The number of likely N-dealkylation sites (tertiary alicyclic amines) is 1. The predicted molar refractivity (Wildman–Crippen MR) is 88.2 cm³/mol. The SMILES string of the molecule is Cn1cc(C(=O)N2CCCO[C@@H](CN3CCCC3)C2)c(=O)[nH]c1=O. The van der Waals surface area contributed by atoms with Crippen LogP contribution in [-0.2, 0) is 11.8 Å². The fraction of sp³-hybridized carbons (Fsp3) is 0.688. The van der Waals surface area contributed by atoms with Gasteiger partial charge < -0.3 is 19.1 Å². The largest absolute Gasteiger partial charge is 0.375 e. The Hall–Kier alpha value is -1.93. The minimum absolute atomic E-state index is 0.000998. The number of carbonyl (C=O) groups is 1. The van der Waals surface area contributed by atoms with Crippen molar-refractivity contribution in [3.63, 3.8) is 0 Å². The summed E-state index contributed by atoms with van der Waals surface area (Å²) < 4.78 is 7.09. The summed E-state index contributed by atoms with van der Waals surface area (Å²) in [5, 5.41) is 0. The maximum absolute atomic E-state index is 12.7. The second kappa shape index (κ2) is 7.31. The predicted octanol–water partition coefficient (Wildman–Crippen LogP) is -0.599. The van der Waals surface area contributed by atoms with Crippen LogP contribution in [0.15, 0.2) is 15.8 Å². The lowest BCUT2D eigenvalue weighted by atomic mass is 10.2. The summed E-state index contributed by atoms with van der Waals surface area (Å²) in [7, 11) is 1.51.